The Morgan fingerprint density at radius 2 is 0.500 bits per heavy atom. The molecule has 0 amide bonds. The maximum atomic E-state index is 13.1. The number of hydrogen-bond acceptors (Lipinski definition) is 15. The number of ether oxygens (including phenoxy) is 4. The maximum absolute atomic E-state index is 13.1. The zero-order valence-electron chi connectivity index (χ0n) is 59.9. The lowest BCUT2D eigenvalue weighted by atomic mass is 10.0. The van der Waals surface area contributed by atoms with E-state index in [-0.39, 0.29) is 25.7 Å². The third-order valence-corrected chi connectivity index (χ3v) is 18.9. The van der Waals surface area contributed by atoms with Crippen molar-refractivity contribution >= 4 is 39.5 Å². The Morgan fingerprint density at radius 3 is 0.739 bits per heavy atom. The largest absolute Gasteiger partial charge is 0.472 e. The van der Waals surface area contributed by atoms with Crippen molar-refractivity contribution in [3.63, 3.8) is 0 Å². The normalized spacial score (nSPS) is 14.1. The SMILES string of the molecule is CCCCCCCCCCCCCCCCC(=O)OC[C@H](COP(=O)(O)OC[C@@H](O)COP(=O)(O)OC[C@@H](COC(=O)CCCCCCCCCCCC)OC(=O)CCCCCCCCCCCC(C)C)OC(=O)CCCCCCCCCCCCCCCC(C)C. The summed E-state index contributed by atoms with van der Waals surface area (Å²) in [6.45, 7) is 9.56. The Balaban J connectivity index is 5.25. The summed E-state index contributed by atoms with van der Waals surface area (Å²) in [5.41, 5.74) is 0. The van der Waals surface area contributed by atoms with E-state index in [9.17, 15) is 43.2 Å². The zero-order chi connectivity index (χ0) is 67.9. The minimum Gasteiger partial charge on any atom is -0.462 e. The van der Waals surface area contributed by atoms with Crippen LogP contribution in [0.25, 0.3) is 0 Å². The molecule has 0 saturated carbocycles. The van der Waals surface area contributed by atoms with Crippen LogP contribution in [-0.4, -0.2) is 96.7 Å². The van der Waals surface area contributed by atoms with E-state index in [1.54, 1.807) is 0 Å². The summed E-state index contributed by atoms with van der Waals surface area (Å²) < 4.78 is 68.4. The molecule has 546 valence electrons. The Kier molecular flexibility index (Phi) is 63.7. The first-order valence-corrected chi connectivity index (χ1v) is 41.0. The van der Waals surface area contributed by atoms with Gasteiger partial charge < -0.3 is 33.8 Å². The number of aliphatic hydroxyl groups excluding tert-OH is 1. The van der Waals surface area contributed by atoms with Crippen molar-refractivity contribution in [2.75, 3.05) is 39.6 Å². The van der Waals surface area contributed by atoms with Gasteiger partial charge in [-0.25, -0.2) is 9.13 Å². The number of unbranched alkanes of at least 4 members (excludes halogenated alkanes) is 42. The first kappa shape index (κ1) is 90.1. The Hall–Kier alpha value is -1.94. The molecule has 0 rings (SSSR count). The van der Waals surface area contributed by atoms with Crippen LogP contribution in [0.2, 0.25) is 0 Å². The molecule has 0 heterocycles. The van der Waals surface area contributed by atoms with Crippen LogP contribution < -0.4 is 0 Å². The van der Waals surface area contributed by atoms with Gasteiger partial charge in [-0.15, -0.1) is 0 Å². The fraction of sp³-hybridized carbons (Fsp3) is 0.945. The molecule has 0 fully saturated rings. The standard InChI is InChI=1S/C73H142O17P2/c1-7-9-11-13-15-17-19-20-23-26-32-38-44-50-56-71(76)84-62-68(89-72(77)57-51-45-39-33-27-24-21-22-25-29-35-41-47-53-65(3)4)63-87-91(79,80)85-59-67(74)60-86-92(81,82)88-64-69(61-83-70(75)55-49-43-37-31-18-16-14-12-10-8-2)90-73(78)58-52-46-40-34-28-30-36-42-48-54-66(5)6/h65-69,74H,7-64H2,1-6H3,(H,79,80)(H,81,82)/t67-,68-,69-/m1/s1. The molecule has 0 aromatic heterocycles. The molecule has 0 aromatic rings. The van der Waals surface area contributed by atoms with Crippen molar-refractivity contribution in [3.8, 4) is 0 Å². The highest BCUT2D eigenvalue weighted by Gasteiger charge is 2.30. The van der Waals surface area contributed by atoms with Gasteiger partial charge >= 0.3 is 39.5 Å². The maximum Gasteiger partial charge on any atom is 0.472 e. The molecule has 19 heteroatoms. The quantitative estimate of drug-likeness (QED) is 0.0222. The highest BCUT2D eigenvalue weighted by molar-refractivity contribution is 7.47. The minimum atomic E-state index is -4.95. The fourth-order valence-corrected chi connectivity index (χ4v) is 12.7. The van der Waals surface area contributed by atoms with Crippen molar-refractivity contribution in [1.29, 1.82) is 0 Å². The molecule has 0 aromatic carbocycles. The second-order valence-electron chi connectivity index (χ2n) is 27.3. The van der Waals surface area contributed by atoms with Crippen molar-refractivity contribution in [3.05, 3.63) is 0 Å². The van der Waals surface area contributed by atoms with Gasteiger partial charge in [0.1, 0.15) is 19.3 Å². The van der Waals surface area contributed by atoms with Gasteiger partial charge in [0.05, 0.1) is 26.4 Å². The smallest absolute Gasteiger partial charge is 0.462 e. The third-order valence-electron chi connectivity index (χ3n) is 17.0. The van der Waals surface area contributed by atoms with Crippen molar-refractivity contribution in [2.24, 2.45) is 11.8 Å². The van der Waals surface area contributed by atoms with Gasteiger partial charge in [-0.05, 0) is 37.5 Å². The molecule has 0 saturated heterocycles. The summed E-state index contributed by atoms with van der Waals surface area (Å²) in [4.78, 5) is 72.7. The van der Waals surface area contributed by atoms with E-state index < -0.39 is 97.5 Å². The van der Waals surface area contributed by atoms with Crippen LogP contribution >= 0.6 is 15.6 Å². The molecule has 0 radical (unpaired) electrons. The van der Waals surface area contributed by atoms with Gasteiger partial charge in [0.25, 0.3) is 0 Å². The molecule has 0 bridgehead atoms. The van der Waals surface area contributed by atoms with Crippen LogP contribution in [-0.2, 0) is 65.4 Å². The molecule has 0 spiro atoms. The third kappa shape index (κ3) is 66.7. The summed E-state index contributed by atoms with van der Waals surface area (Å²) in [5.74, 6) is -0.596. The summed E-state index contributed by atoms with van der Waals surface area (Å²) in [5, 5.41) is 10.6. The molecular formula is C73H142O17P2. The average molecular weight is 1350 g/mol. The van der Waals surface area contributed by atoms with Crippen LogP contribution in [0.3, 0.4) is 0 Å². The van der Waals surface area contributed by atoms with E-state index in [0.29, 0.717) is 25.7 Å². The Morgan fingerprint density at radius 1 is 0.293 bits per heavy atom. The number of carbonyl (C=O) groups is 4. The summed E-state index contributed by atoms with van der Waals surface area (Å²) in [6.07, 6.45) is 51.2. The second-order valence-corrected chi connectivity index (χ2v) is 30.2. The van der Waals surface area contributed by atoms with E-state index in [4.69, 9.17) is 37.0 Å². The number of rotatable bonds is 72. The molecular weight excluding hydrogens is 1210 g/mol. The summed E-state index contributed by atoms with van der Waals surface area (Å²) >= 11 is 0. The molecule has 17 nitrogen and oxygen atoms in total. The van der Waals surface area contributed by atoms with Gasteiger partial charge in [0.2, 0.25) is 0 Å². The van der Waals surface area contributed by atoms with Crippen molar-refractivity contribution < 1.29 is 80.2 Å². The second kappa shape index (κ2) is 65.0. The predicted molar refractivity (Wildman–Crippen MR) is 372 cm³/mol. The molecule has 0 aliphatic heterocycles. The number of hydrogen-bond donors (Lipinski definition) is 3. The Bertz CT molecular complexity index is 1790. The zero-order valence-corrected chi connectivity index (χ0v) is 61.6. The minimum absolute atomic E-state index is 0.105. The highest BCUT2D eigenvalue weighted by atomic mass is 31.2. The van der Waals surface area contributed by atoms with E-state index in [1.807, 2.05) is 0 Å². The number of carbonyl (C=O) groups excluding carboxylic acids is 4. The summed E-state index contributed by atoms with van der Waals surface area (Å²) in [6, 6.07) is 0. The number of phosphoric acid groups is 2. The molecule has 0 aliphatic carbocycles. The first-order valence-electron chi connectivity index (χ1n) is 38.0. The van der Waals surface area contributed by atoms with Gasteiger partial charge in [-0.3, -0.25) is 37.3 Å². The van der Waals surface area contributed by atoms with Crippen LogP contribution in [0.1, 0.15) is 375 Å². The van der Waals surface area contributed by atoms with Crippen LogP contribution in [0.4, 0.5) is 0 Å². The molecule has 2 unspecified atom stereocenters. The number of phosphoric ester groups is 2. The lowest BCUT2D eigenvalue weighted by Crippen LogP contribution is -2.30. The van der Waals surface area contributed by atoms with E-state index in [1.165, 1.54) is 193 Å². The molecule has 92 heavy (non-hydrogen) atoms. The van der Waals surface area contributed by atoms with Crippen LogP contribution in [0.5, 0.6) is 0 Å². The number of aliphatic hydroxyl groups is 1. The van der Waals surface area contributed by atoms with Crippen molar-refractivity contribution in [2.45, 2.75) is 394 Å². The topological polar surface area (TPSA) is 237 Å². The van der Waals surface area contributed by atoms with Gasteiger partial charge in [0, 0.05) is 25.7 Å². The van der Waals surface area contributed by atoms with Crippen molar-refractivity contribution in [1.82, 2.24) is 0 Å². The van der Waals surface area contributed by atoms with E-state index >= 15 is 0 Å². The molecule has 3 N–H and O–H groups in total. The highest BCUT2D eigenvalue weighted by Crippen LogP contribution is 2.45. The van der Waals surface area contributed by atoms with Gasteiger partial charge in [-0.1, -0.05) is 324 Å². The lowest BCUT2D eigenvalue weighted by Gasteiger charge is -2.21. The monoisotopic (exact) mass is 1350 g/mol. The lowest BCUT2D eigenvalue weighted by molar-refractivity contribution is -0.161. The first-order chi connectivity index (χ1) is 44.4. The van der Waals surface area contributed by atoms with Crippen LogP contribution in [0.15, 0.2) is 0 Å². The average Bonchev–Trinajstić information content (AvgIpc) is 1.61. The van der Waals surface area contributed by atoms with Gasteiger partial charge in [-0.2, -0.15) is 0 Å². The molecule has 0 aliphatic rings. The fourth-order valence-electron chi connectivity index (χ4n) is 11.1. The predicted octanol–water partition coefficient (Wildman–Crippen LogP) is 21.2. The number of esters is 4. The summed E-state index contributed by atoms with van der Waals surface area (Å²) in [7, 11) is -9.90. The van der Waals surface area contributed by atoms with E-state index in [0.717, 1.165) is 102 Å². The van der Waals surface area contributed by atoms with Crippen LogP contribution in [0, 0.1) is 11.8 Å². The van der Waals surface area contributed by atoms with Gasteiger partial charge in [0.15, 0.2) is 12.2 Å². The van der Waals surface area contributed by atoms with E-state index in [2.05, 4.69) is 41.5 Å². The Labute approximate surface area is 562 Å². The molecule has 5 atom stereocenters.